The van der Waals surface area contributed by atoms with Crippen molar-refractivity contribution in [2.24, 2.45) is 5.92 Å². The van der Waals surface area contributed by atoms with Gasteiger partial charge in [-0.2, -0.15) is 0 Å². The van der Waals surface area contributed by atoms with E-state index in [-0.39, 0.29) is 29.8 Å². The molecule has 5 aromatic rings. The van der Waals surface area contributed by atoms with Gasteiger partial charge in [-0.25, -0.2) is 19.6 Å². The lowest BCUT2D eigenvalue weighted by Crippen LogP contribution is -2.59. The highest BCUT2D eigenvalue weighted by Crippen LogP contribution is 2.40. The molecule has 4 N–H and O–H groups in total. The van der Waals surface area contributed by atoms with Gasteiger partial charge < -0.3 is 44.6 Å². The Kier molecular flexibility index (Phi) is 11.8. The van der Waals surface area contributed by atoms with E-state index in [1.165, 1.54) is 21.3 Å². The zero-order valence-corrected chi connectivity index (χ0v) is 36.8. The Hall–Kier alpha value is -5.74. The van der Waals surface area contributed by atoms with Gasteiger partial charge in [-0.15, -0.1) is 0 Å². The molecule has 0 radical (unpaired) electrons. The van der Waals surface area contributed by atoms with Crippen molar-refractivity contribution in [2.45, 2.75) is 89.4 Å². The van der Waals surface area contributed by atoms with Crippen LogP contribution in [0.25, 0.3) is 44.2 Å². The monoisotopic (exact) mass is 836 g/mol. The van der Waals surface area contributed by atoms with Crippen LogP contribution in [-0.2, 0) is 23.8 Å². The lowest BCUT2D eigenvalue weighted by molar-refractivity contribution is -0.141. The molecule has 2 fully saturated rings. The van der Waals surface area contributed by atoms with Crippen LogP contribution >= 0.6 is 0 Å². The van der Waals surface area contributed by atoms with Crippen LogP contribution in [-0.4, -0.2) is 114 Å². The van der Waals surface area contributed by atoms with Gasteiger partial charge in [0.15, 0.2) is 0 Å². The van der Waals surface area contributed by atoms with E-state index in [0.717, 1.165) is 74.7 Å². The van der Waals surface area contributed by atoms with Crippen LogP contribution in [0.3, 0.4) is 0 Å². The molecule has 15 nitrogen and oxygen atoms in total. The third-order valence-electron chi connectivity index (χ3n) is 12.1. The molecular formula is C44H56N8O7Si. The van der Waals surface area contributed by atoms with Crippen molar-refractivity contribution in [1.29, 1.82) is 0 Å². The van der Waals surface area contributed by atoms with E-state index in [0.29, 0.717) is 12.7 Å². The minimum Gasteiger partial charge on any atom is -0.453 e. The summed E-state index contributed by atoms with van der Waals surface area (Å²) in [5.74, 6) is 0.951. The molecule has 318 valence electrons. The molecule has 2 aliphatic heterocycles. The number of nitrogens with zero attached hydrogens (tertiary/aromatic N) is 4. The number of rotatable bonds is 11. The van der Waals surface area contributed by atoms with Crippen molar-refractivity contribution < 1.29 is 33.4 Å². The fourth-order valence-electron chi connectivity index (χ4n) is 8.58. The molecule has 3 aromatic carbocycles. The minimum absolute atomic E-state index is 0.112. The van der Waals surface area contributed by atoms with Crippen molar-refractivity contribution in [3.05, 3.63) is 72.4 Å². The number of alkyl carbamates (subject to hydrolysis) is 2. The predicted molar refractivity (Wildman–Crippen MR) is 232 cm³/mol. The van der Waals surface area contributed by atoms with Gasteiger partial charge in [0.2, 0.25) is 11.8 Å². The first kappa shape index (κ1) is 42.4. The minimum atomic E-state index is -1.85. The average Bonchev–Trinajstić information content (AvgIpc) is 4.06. The van der Waals surface area contributed by atoms with Crippen LogP contribution in [0, 0.1) is 5.92 Å². The lowest BCUT2D eigenvalue weighted by atomic mass is 9.96. The van der Waals surface area contributed by atoms with Gasteiger partial charge in [-0.3, -0.25) is 9.59 Å². The fourth-order valence-corrected chi connectivity index (χ4v) is 11.5. The first-order valence-corrected chi connectivity index (χ1v) is 23.9. The maximum absolute atomic E-state index is 14.3. The maximum atomic E-state index is 14.3. The normalized spacial score (nSPS) is 18.8. The molecule has 16 heteroatoms. The summed E-state index contributed by atoms with van der Waals surface area (Å²) in [5.41, 5.74) is 4.66. The van der Waals surface area contributed by atoms with Gasteiger partial charge in [0.1, 0.15) is 23.7 Å². The summed E-state index contributed by atoms with van der Waals surface area (Å²) in [6.07, 6.45) is 2.72. The lowest BCUT2D eigenvalue weighted by Gasteiger charge is -2.36. The van der Waals surface area contributed by atoms with Gasteiger partial charge in [0, 0.05) is 25.2 Å². The number of hydrogen-bond acceptors (Lipinski definition) is 9. The molecule has 0 saturated carbocycles. The maximum Gasteiger partial charge on any atom is 0.407 e. The van der Waals surface area contributed by atoms with Crippen molar-refractivity contribution >= 4 is 53.9 Å². The van der Waals surface area contributed by atoms with E-state index in [4.69, 9.17) is 24.2 Å². The quantitative estimate of drug-likeness (QED) is 0.101. The molecule has 60 heavy (non-hydrogen) atoms. The third kappa shape index (κ3) is 8.35. The number of carbonyl (C=O) groups is 4. The van der Waals surface area contributed by atoms with Crippen LogP contribution in [0.1, 0.15) is 64.3 Å². The zero-order valence-electron chi connectivity index (χ0n) is 35.8. The molecular weight excluding hydrogens is 781 g/mol. The molecule has 0 unspecified atom stereocenters. The molecule has 2 aromatic heterocycles. The number of likely N-dealkylation sites (tertiary alicyclic amines) is 1. The Morgan fingerprint density at radius 3 is 2.20 bits per heavy atom. The smallest absolute Gasteiger partial charge is 0.407 e. The van der Waals surface area contributed by atoms with Gasteiger partial charge in [-0.1, -0.05) is 69.4 Å². The summed E-state index contributed by atoms with van der Waals surface area (Å²) < 4.78 is 15.3. The van der Waals surface area contributed by atoms with Crippen LogP contribution in [0.2, 0.25) is 19.1 Å². The number of imidazole rings is 2. The molecule has 7 rings (SSSR count). The number of aromatic amines is 2. The number of aromatic nitrogens is 4. The van der Waals surface area contributed by atoms with E-state index in [9.17, 15) is 19.2 Å². The van der Waals surface area contributed by atoms with E-state index in [1.54, 1.807) is 20.0 Å². The highest BCUT2D eigenvalue weighted by atomic mass is 28.3. The highest BCUT2D eigenvalue weighted by molar-refractivity contribution is 6.78. The molecule has 4 amide bonds. The number of hydrogen-bond donors (Lipinski definition) is 4. The number of carbonyl (C=O) groups excluding carboxylic acids is 4. The second kappa shape index (κ2) is 16.7. The largest absolute Gasteiger partial charge is 0.453 e. The zero-order chi connectivity index (χ0) is 43.1. The van der Waals surface area contributed by atoms with Gasteiger partial charge in [-0.05, 0) is 72.9 Å². The molecule has 2 saturated heterocycles. The standard InChI is InChI=1S/C44H56N8O7Si/c1-25(2)35(49-42(55)57-5)40(53)51-20-10-11-33(51)38-45-22-32(47-38)27-14-12-26(13-15-27)28-16-18-30-29(21-28)17-19-31-36(30)48-39(46-31)34-23-60(8,9)24-52(34)41(54)37(44(3,4)59-7)50-43(56)58-6/h12-19,21-22,25,33-35,37H,10-11,20,23-24H2,1-9H3,(H,45,47)(H,46,48)(H,49,55)(H,50,56)/t33-,34-,35-,37-/m0/s1. The van der Waals surface area contributed by atoms with Crippen molar-refractivity contribution in [3.63, 3.8) is 0 Å². The number of ether oxygens (including phenoxy) is 3. The van der Waals surface area contributed by atoms with Crippen LogP contribution in [0.5, 0.6) is 0 Å². The van der Waals surface area contributed by atoms with Crippen molar-refractivity contribution in [1.82, 2.24) is 40.4 Å². The van der Waals surface area contributed by atoms with Gasteiger partial charge >= 0.3 is 12.2 Å². The predicted octanol–water partition coefficient (Wildman–Crippen LogP) is 7.10. The SMILES string of the molecule is COC(=O)N[C@H](C(=O)N1CCC[C@H]1c1ncc(-c2ccc(-c3ccc4c(ccc5[nH]c([C@@H]6C[Si](C)(C)CN6C(=O)[C@H](NC(=O)OC)C(C)(C)OC)nc54)c3)cc2)[nH]1)C(C)C. The second-order valence-corrected chi connectivity index (χ2v) is 22.6. The highest BCUT2D eigenvalue weighted by Gasteiger charge is 2.48. The Balaban J connectivity index is 1.10. The third-order valence-corrected chi connectivity index (χ3v) is 14.8. The summed E-state index contributed by atoms with van der Waals surface area (Å²) in [4.78, 5) is 72.7. The Labute approximate surface area is 351 Å². The molecule has 4 atom stereocenters. The van der Waals surface area contributed by atoms with Crippen LogP contribution in [0.4, 0.5) is 9.59 Å². The van der Waals surface area contributed by atoms with Crippen LogP contribution in [0.15, 0.2) is 60.8 Å². The number of nitrogens with one attached hydrogen (secondary N) is 4. The molecule has 2 aliphatic rings. The summed E-state index contributed by atoms with van der Waals surface area (Å²) in [5, 5.41) is 7.46. The first-order valence-electron chi connectivity index (χ1n) is 20.5. The first-order chi connectivity index (χ1) is 28.5. The van der Waals surface area contributed by atoms with Gasteiger partial charge in [0.25, 0.3) is 0 Å². The molecule has 0 bridgehead atoms. The summed E-state index contributed by atoms with van der Waals surface area (Å²) >= 11 is 0. The molecule has 4 heterocycles. The number of fused-ring (bicyclic) bond motifs is 3. The molecule has 0 aliphatic carbocycles. The van der Waals surface area contributed by atoms with E-state index >= 15 is 0 Å². The van der Waals surface area contributed by atoms with Crippen molar-refractivity contribution in [3.8, 4) is 22.4 Å². The summed E-state index contributed by atoms with van der Waals surface area (Å²) in [6.45, 7) is 12.5. The summed E-state index contributed by atoms with van der Waals surface area (Å²) in [7, 11) is 2.24. The topological polar surface area (TPSA) is 184 Å². The van der Waals surface area contributed by atoms with Crippen molar-refractivity contribution in [2.75, 3.05) is 34.0 Å². The van der Waals surface area contributed by atoms with Gasteiger partial charge in [0.05, 0.1) is 62.9 Å². The van der Waals surface area contributed by atoms with E-state index in [1.807, 2.05) is 29.7 Å². The molecule has 0 spiro atoms. The van der Waals surface area contributed by atoms with E-state index < -0.39 is 37.9 Å². The Morgan fingerprint density at radius 2 is 1.52 bits per heavy atom. The summed E-state index contributed by atoms with van der Waals surface area (Å²) in [6, 6.07) is 17.4. The Bertz CT molecular complexity index is 2410. The number of H-pyrrole nitrogens is 2. The van der Waals surface area contributed by atoms with Crippen LogP contribution < -0.4 is 10.6 Å². The Morgan fingerprint density at radius 1 is 0.833 bits per heavy atom. The number of amides is 4. The average molecular weight is 837 g/mol. The number of methoxy groups -OCH3 is 3. The number of benzene rings is 3. The fraction of sp³-hybridized carbons (Fsp3) is 0.455. The second-order valence-electron chi connectivity index (χ2n) is 17.6. The van der Waals surface area contributed by atoms with E-state index in [2.05, 4.69) is 82.2 Å².